The van der Waals surface area contributed by atoms with Gasteiger partial charge >= 0.3 is 0 Å². The molecule has 33 heavy (non-hydrogen) atoms. The van der Waals surface area contributed by atoms with Crippen molar-refractivity contribution in [1.29, 1.82) is 0 Å². The first-order valence-electron chi connectivity index (χ1n) is 11.7. The van der Waals surface area contributed by atoms with Crippen molar-refractivity contribution in [3.05, 3.63) is 23.8 Å². The van der Waals surface area contributed by atoms with Gasteiger partial charge in [-0.2, -0.15) is 0 Å². The number of nitrogens with two attached hydrogens (primary N) is 1. The summed E-state index contributed by atoms with van der Waals surface area (Å²) in [6.07, 6.45) is 3.04. The minimum absolute atomic E-state index is 0.0161. The first-order chi connectivity index (χ1) is 15.6. The maximum atomic E-state index is 13.1. The van der Waals surface area contributed by atoms with E-state index in [0.29, 0.717) is 32.7 Å². The predicted octanol–water partition coefficient (Wildman–Crippen LogP) is 1.25. The lowest BCUT2D eigenvalue weighted by Gasteiger charge is -2.33. The van der Waals surface area contributed by atoms with E-state index in [-0.39, 0.29) is 41.3 Å². The van der Waals surface area contributed by atoms with Crippen LogP contribution in [0.3, 0.4) is 0 Å². The van der Waals surface area contributed by atoms with Crippen molar-refractivity contribution in [3.63, 3.8) is 0 Å². The second-order valence-corrected chi connectivity index (χ2v) is 10.8. The minimum Gasteiger partial charge on any atom is -0.379 e. The Kier molecular flexibility index (Phi) is 8.49. The number of rotatable bonds is 9. The van der Waals surface area contributed by atoms with E-state index >= 15 is 0 Å². The second kappa shape index (κ2) is 10.9. The third-order valence-corrected chi connectivity index (χ3v) is 7.16. The molecule has 1 fully saturated rings. The van der Waals surface area contributed by atoms with E-state index in [4.69, 9.17) is 9.88 Å². The Morgan fingerprint density at radius 2 is 1.94 bits per heavy atom. The van der Waals surface area contributed by atoms with Crippen LogP contribution in [0.1, 0.15) is 45.6 Å². The lowest BCUT2D eigenvalue weighted by Crippen LogP contribution is -2.47. The van der Waals surface area contributed by atoms with Crippen molar-refractivity contribution in [2.24, 2.45) is 11.1 Å². The quantitative estimate of drug-likeness (QED) is 0.513. The monoisotopic (exact) mass is 480 g/mol. The van der Waals surface area contributed by atoms with Crippen molar-refractivity contribution >= 4 is 27.5 Å². The van der Waals surface area contributed by atoms with Crippen LogP contribution in [0.2, 0.25) is 0 Å². The predicted molar refractivity (Wildman–Crippen MR) is 126 cm³/mol. The molecular formula is C23H36N4O5S. The van der Waals surface area contributed by atoms with Crippen LogP contribution in [0.4, 0.5) is 5.69 Å². The maximum Gasteiger partial charge on any atom is 0.241 e. The lowest BCUT2D eigenvalue weighted by molar-refractivity contribution is -0.126. The minimum atomic E-state index is -3.78. The molecule has 2 aliphatic heterocycles. The fourth-order valence-corrected chi connectivity index (χ4v) is 5.10. The number of amides is 2. The van der Waals surface area contributed by atoms with E-state index in [9.17, 15) is 18.0 Å². The number of sulfonamides is 1. The molecule has 9 nitrogen and oxygen atoms in total. The number of anilines is 1. The number of nitrogens with zero attached hydrogens (tertiary/aromatic N) is 2. The normalized spacial score (nSPS) is 19.7. The SMILES string of the molecule is CC(C)OCCCNC(=O)C1CCN(CC(=O)N2c3ccc(S(N)(=O)=O)cc3CC2C)CC1. The molecule has 0 bridgehead atoms. The molecule has 2 heterocycles. The van der Waals surface area contributed by atoms with Crippen molar-refractivity contribution in [1.82, 2.24) is 10.2 Å². The van der Waals surface area contributed by atoms with Crippen molar-refractivity contribution in [3.8, 4) is 0 Å². The van der Waals surface area contributed by atoms with Gasteiger partial charge in [-0.05, 0) is 83.3 Å². The van der Waals surface area contributed by atoms with E-state index in [0.717, 1.165) is 30.5 Å². The lowest BCUT2D eigenvalue weighted by atomic mass is 9.96. The fraction of sp³-hybridized carbons (Fsp3) is 0.652. The van der Waals surface area contributed by atoms with Gasteiger partial charge in [-0.15, -0.1) is 0 Å². The molecule has 3 rings (SSSR count). The molecular weight excluding hydrogens is 444 g/mol. The van der Waals surface area contributed by atoms with Gasteiger partial charge in [0.15, 0.2) is 0 Å². The largest absolute Gasteiger partial charge is 0.379 e. The van der Waals surface area contributed by atoms with Crippen molar-refractivity contribution in [2.75, 3.05) is 37.7 Å². The molecule has 1 aromatic carbocycles. The molecule has 2 aliphatic rings. The number of primary sulfonamides is 1. The van der Waals surface area contributed by atoms with Gasteiger partial charge in [0.25, 0.3) is 0 Å². The first-order valence-corrected chi connectivity index (χ1v) is 13.2. The Labute approximate surface area is 196 Å². The molecule has 0 saturated carbocycles. The Morgan fingerprint density at radius 3 is 2.58 bits per heavy atom. The van der Waals surface area contributed by atoms with Crippen LogP contribution in [0.25, 0.3) is 0 Å². The number of ether oxygens (including phenoxy) is 1. The zero-order chi connectivity index (χ0) is 24.2. The number of carbonyl (C=O) groups is 2. The summed E-state index contributed by atoms with van der Waals surface area (Å²) in [5.74, 6) is 0.0429. The molecule has 10 heteroatoms. The van der Waals surface area contributed by atoms with E-state index in [1.165, 1.54) is 6.07 Å². The molecule has 184 valence electrons. The number of hydrogen-bond acceptors (Lipinski definition) is 6. The number of carbonyl (C=O) groups excluding carboxylic acids is 2. The van der Waals surface area contributed by atoms with Crippen LogP contribution in [-0.2, 0) is 30.8 Å². The van der Waals surface area contributed by atoms with E-state index < -0.39 is 10.0 Å². The molecule has 0 aliphatic carbocycles. The Hall–Kier alpha value is -2.01. The number of nitrogens with one attached hydrogen (secondary N) is 1. The Morgan fingerprint density at radius 1 is 1.24 bits per heavy atom. The third-order valence-electron chi connectivity index (χ3n) is 6.25. The molecule has 1 aromatic rings. The molecule has 2 amide bonds. The van der Waals surface area contributed by atoms with Crippen LogP contribution in [0.5, 0.6) is 0 Å². The summed E-state index contributed by atoms with van der Waals surface area (Å²) in [6, 6.07) is 4.63. The van der Waals surface area contributed by atoms with Gasteiger partial charge in [-0.3, -0.25) is 14.5 Å². The second-order valence-electron chi connectivity index (χ2n) is 9.27. The van der Waals surface area contributed by atoms with Crippen molar-refractivity contribution in [2.45, 2.75) is 63.5 Å². The highest BCUT2D eigenvalue weighted by Gasteiger charge is 2.33. The summed E-state index contributed by atoms with van der Waals surface area (Å²) >= 11 is 0. The highest BCUT2D eigenvalue weighted by atomic mass is 32.2. The van der Waals surface area contributed by atoms with Crippen LogP contribution < -0.4 is 15.4 Å². The molecule has 1 atom stereocenters. The Bertz CT molecular complexity index is 958. The molecule has 0 spiro atoms. The highest BCUT2D eigenvalue weighted by molar-refractivity contribution is 7.89. The average Bonchev–Trinajstić information content (AvgIpc) is 3.08. The topological polar surface area (TPSA) is 122 Å². The van der Waals surface area contributed by atoms with Crippen LogP contribution >= 0.6 is 0 Å². The smallest absolute Gasteiger partial charge is 0.241 e. The molecule has 1 unspecified atom stereocenters. The summed E-state index contributed by atoms with van der Waals surface area (Å²) in [7, 11) is -3.78. The van der Waals surface area contributed by atoms with Crippen LogP contribution in [0, 0.1) is 5.92 Å². The van der Waals surface area contributed by atoms with E-state index in [2.05, 4.69) is 10.2 Å². The standard InChI is InChI=1S/C23H36N4O5S/c1-16(2)32-12-4-9-25-23(29)18-7-10-26(11-8-18)15-22(28)27-17(3)13-19-14-20(33(24,30)31)5-6-21(19)27/h5-6,14,16-18H,4,7-13,15H2,1-3H3,(H,25,29)(H2,24,30,31). The summed E-state index contributed by atoms with van der Waals surface area (Å²) in [6.45, 7) is 8.86. The summed E-state index contributed by atoms with van der Waals surface area (Å²) < 4.78 is 28.8. The highest BCUT2D eigenvalue weighted by Crippen LogP contribution is 2.34. The van der Waals surface area contributed by atoms with Crippen LogP contribution in [-0.4, -0.2) is 70.1 Å². The van der Waals surface area contributed by atoms with Gasteiger partial charge in [-0.1, -0.05) is 0 Å². The molecule has 3 N–H and O–H groups in total. The van der Waals surface area contributed by atoms with Gasteiger partial charge in [0, 0.05) is 30.8 Å². The third kappa shape index (κ3) is 6.75. The number of piperidine rings is 1. The zero-order valence-electron chi connectivity index (χ0n) is 19.7. The number of fused-ring (bicyclic) bond motifs is 1. The molecule has 0 radical (unpaired) electrons. The first kappa shape index (κ1) is 25.6. The summed E-state index contributed by atoms with van der Waals surface area (Å²) in [5.41, 5.74) is 1.56. The maximum absolute atomic E-state index is 13.1. The van der Waals surface area contributed by atoms with Gasteiger partial charge in [-0.25, -0.2) is 13.6 Å². The van der Waals surface area contributed by atoms with Crippen molar-refractivity contribution < 1.29 is 22.7 Å². The molecule has 1 saturated heterocycles. The fourth-order valence-electron chi connectivity index (χ4n) is 4.53. The number of hydrogen-bond donors (Lipinski definition) is 2. The number of likely N-dealkylation sites (tertiary alicyclic amines) is 1. The Balaban J connectivity index is 1.47. The van der Waals surface area contributed by atoms with Gasteiger partial charge < -0.3 is 15.0 Å². The van der Waals surface area contributed by atoms with E-state index in [1.807, 2.05) is 20.8 Å². The van der Waals surface area contributed by atoms with E-state index in [1.54, 1.807) is 17.0 Å². The average molecular weight is 481 g/mol. The molecule has 0 aromatic heterocycles. The summed E-state index contributed by atoms with van der Waals surface area (Å²) in [5, 5.41) is 8.23. The van der Waals surface area contributed by atoms with Gasteiger partial charge in [0.1, 0.15) is 0 Å². The van der Waals surface area contributed by atoms with Gasteiger partial charge in [0.2, 0.25) is 21.8 Å². The van der Waals surface area contributed by atoms with Gasteiger partial charge in [0.05, 0.1) is 17.5 Å². The zero-order valence-corrected chi connectivity index (χ0v) is 20.6. The van der Waals surface area contributed by atoms with Crippen LogP contribution in [0.15, 0.2) is 23.1 Å². The number of benzene rings is 1. The summed E-state index contributed by atoms with van der Waals surface area (Å²) in [4.78, 5) is 29.4.